The molecular formula is C15H22N2O4. The number of rotatable bonds is 8. The fraction of sp³-hybridized carbons (Fsp3) is 0.467. The Hall–Kier alpha value is -2.24. The van der Waals surface area contributed by atoms with Crippen molar-refractivity contribution in [2.24, 2.45) is 5.92 Å². The van der Waals surface area contributed by atoms with Gasteiger partial charge in [-0.25, -0.2) is 4.79 Å². The minimum atomic E-state index is -0.868. The molecule has 0 heterocycles. The number of hydrogen-bond donors (Lipinski definition) is 3. The third-order valence-corrected chi connectivity index (χ3v) is 2.72. The zero-order valence-electron chi connectivity index (χ0n) is 12.4. The summed E-state index contributed by atoms with van der Waals surface area (Å²) in [6.07, 6.45) is 0.973. The molecule has 0 saturated carbocycles. The van der Waals surface area contributed by atoms with Crippen LogP contribution in [0.1, 0.15) is 26.7 Å². The highest BCUT2D eigenvalue weighted by molar-refractivity contribution is 5.89. The van der Waals surface area contributed by atoms with Gasteiger partial charge in [0.2, 0.25) is 0 Å². The lowest BCUT2D eigenvalue weighted by atomic mass is 10.1. The Bertz CT molecular complexity index is 459. The summed E-state index contributed by atoms with van der Waals surface area (Å²) in [6.45, 7) is 4.78. The molecule has 1 rings (SSSR count). The van der Waals surface area contributed by atoms with E-state index in [2.05, 4.69) is 10.6 Å². The third-order valence-electron chi connectivity index (χ3n) is 2.72. The van der Waals surface area contributed by atoms with Gasteiger partial charge in [0.1, 0.15) is 5.75 Å². The van der Waals surface area contributed by atoms with E-state index in [4.69, 9.17) is 9.84 Å². The Morgan fingerprint density at radius 2 is 1.95 bits per heavy atom. The summed E-state index contributed by atoms with van der Waals surface area (Å²) in [4.78, 5) is 22.2. The average molecular weight is 294 g/mol. The quantitative estimate of drug-likeness (QED) is 0.688. The minimum Gasteiger partial charge on any atom is -0.494 e. The van der Waals surface area contributed by atoms with Gasteiger partial charge in [0.05, 0.1) is 6.61 Å². The number of aliphatic carboxylic acids is 1. The molecule has 0 aliphatic carbocycles. The second kappa shape index (κ2) is 8.84. The van der Waals surface area contributed by atoms with Crippen molar-refractivity contribution >= 4 is 17.7 Å². The highest BCUT2D eigenvalue weighted by Gasteiger charge is 2.09. The Kier molecular flexibility index (Phi) is 7.08. The Morgan fingerprint density at radius 1 is 1.29 bits per heavy atom. The summed E-state index contributed by atoms with van der Waals surface area (Å²) in [6, 6.07) is 6.74. The van der Waals surface area contributed by atoms with Gasteiger partial charge in [-0.1, -0.05) is 13.8 Å². The number of carboxylic acid groups (broad SMARTS) is 1. The molecule has 0 fully saturated rings. The number of anilines is 1. The van der Waals surface area contributed by atoms with E-state index in [0.29, 0.717) is 18.8 Å². The fourth-order valence-electron chi connectivity index (χ4n) is 1.67. The highest BCUT2D eigenvalue weighted by Crippen LogP contribution is 2.15. The van der Waals surface area contributed by atoms with Crippen LogP contribution in [0.4, 0.5) is 10.5 Å². The molecule has 2 amide bonds. The molecule has 0 radical (unpaired) electrons. The first-order chi connectivity index (χ1) is 10.0. The van der Waals surface area contributed by atoms with Crippen LogP contribution in [0, 0.1) is 5.92 Å². The molecule has 0 spiro atoms. The van der Waals surface area contributed by atoms with Crippen molar-refractivity contribution in [3.05, 3.63) is 24.3 Å². The Morgan fingerprint density at radius 3 is 2.52 bits per heavy atom. The molecule has 0 aliphatic rings. The SMILES string of the molecule is CCCOc1ccc(NC(=O)NCC(C)CC(=O)O)cc1. The largest absolute Gasteiger partial charge is 0.494 e. The molecule has 6 heteroatoms. The summed E-state index contributed by atoms with van der Waals surface area (Å²) < 4.78 is 5.45. The average Bonchev–Trinajstić information content (AvgIpc) is 2.44. The van der Waals surface area contributed by atoms with Crippen LogP contribution in [0.5, 0.6) is 5.75 Å². The first-order valence-electron chi connectivity index (χ1n) is 7.00. The lowest BCUT2D eigenvalue weighted by molar-refractivity contribution is -0.137. The molecule has 0 aromatic heterocycles. The molecule has 3 N–H and O–H groups in total. The van der Waals surface area contributed by atoms with Crippen LogP contribution in [0.2, 0.25) is 0 Å². The van der Waals surface area contributed by atoms with Gasteiger partial charge >= 0.3 is 12.0 Å². The lowest BCUT2D eigenvalue weighted by Crippen LogP contribution is -2.32. The summed E-state index contributed by atoms with van der Waals surface area (Å²) in [5.74, 6) is -0.219. The van der Waals surface area contributed by atoms with Crippen LogP contribution in [0.3, 0.4) is 0 Å². The van der Waals surface area contributed by atoms with Gasteiger partial charge in [-0.15, -0.1) is 0 Å². The van der Waals surface area contributed by atoms with Gasteiger partial charge < -0.3 is 20.5 Å². The molecule has 1 aromatic carbocycles. The molecule has 0 aliphatic heterocycles. The first kappa shape index (κ1) is 16.8. The molecule has 0 saturated heterocycles. The number of urea groups is 1. The van der Waals surface area contributed by atoms with Crippen LogP contribution >= 0.6 is 0 Å². The van der Waals surface area contributed by atoms with E-state index >= 15 is 0 Å². The number of benzene rings is 1. The van der Waals surface area contributed by atoms with Crippen molar-refractivity contribution < 1.29 is 19.4 Å². The van der Waals surface area contributed by atoms with E-state index in [1.807, 2.05) is 6.92 Å². The van der Waals surface area contributed by atoms with E-state index in [1.165, 1.54) is 0 Å². The molecule has 1 aromatic rings. The number of nitrogens with one attached hydrogen (secondary N) is 2. The molecule has 0 bridgehead atoms. The third kappa shape index (κ3) is 7.20. The second-order valence-electron chi connectivity index (χ2n) is 4.91. The second-order valence-corrected chi connectivity index (χ2v) is 4.91. The van der Waals surface area contributed by atoms with E-state index in [0.717, 1.165) is 12.2 Å². The maximum atomic E-state index is 11.7. The lowest BCUT2D eigenvalue weighted by Gasteiger charge is -2.12. The monoisotopic (exact) mass is 294 g/mol. The van der Waals surface area contributed by atoms with Crippen molar-refractivity contribution in [2.75, 3.05) is 18.5 Å². The predicted octanol–water partition coefficient (Wildman–Crippen LogP) is 2.71. The molecule has 116 valence electrons. The molecule has 6 nitrogen and oxygen atoms in total. The summed E-state index contributed by atoms with van der Waals surface area (Å²) >= 11 is 0. The topological polar surface area (TPSA) is 87.7 Å². The number of ether oxygens (including phenoxy) is 1. The van der Waals surface area contributed by atoms with Gasteiger partial charge in [-0.05, 0) is 36.6 Å². The van der Waals surface area contributed by atoms with Gasteiger partial charge in [0.15, 0.2) is 0 Å². The van der Waals surface area contributed by atoms with Crippen molar-refractivity contribution in [3.8, 4) is 5.75 Å². The van der Waals surface area contributed by atoms with Crippen LogP contribution in [0.25, 0.3) is 0 Å². The van der Waals surface area contributed by atoms with Crippen molar-refractivity contribution in [2.45, 2.75) is 26.7 Å². The van der Waals surface area contributed by atoms with Gasteiger partial charge in [-0.2, -0.15) is 0 Å². The van der Waals surface area contributed by atoms with Crippen molar-refractivity contribution in [1.29, 1.82) is 0 Å². The Balaban J connectivity index is 2.35. The summed E-state index contributed by atoms with van der Waals surface area (Å²) in [5, 5.41) is 14.0. The van der Waals surface area contributed by atoms with Crippen LogP contribution in [-0.2, 0) is 4.79 Å². The smallest absolute Gasteiger partial charge is 0.319 e. The number of carboxylic acids is 1. The van der Waals surface area contributed by atoms with E-state index in [9.17, 15) is 9.59 Å². The normalized spacial score (nSPS) is 11.5. The van der Waals surface area contributed by atoms with Gasteiger partial charge in [-0.3, -0.25) is 4.79 Å². The minimum absolute atomic E-state index is 0.0315. The zero-order chi connectivity index (χ0) is 15.7. The van der Waals surface area contributed by atoms with Crippen LogP contribution < -0.4 is 15.4 Å². The van der Waals surface area contributed by atoms with Crippen molar-refractivity contribution in [1.82, 2.24) is 5.32 Å². The fourth-order valence-corrected chi connectivity index (χ4v) is 1.67. The number of amides is 2. The van der Waals surface area contributed by atoms with Crippen LogP contribution in [-0.4, -0.2) is 30.3 Å². The maximum absolute atomic E-state index is 11.7. The molecule has 1 atom stereocenters. The first-order valence-corrected chi connectivity index (χ1v) is 7.00. The van der Waals surface area contributed by atoms with E-state index in [-0.39, 0.29) is 18.4 Å². The van der Waals surface area contributed by atoms with Crippen molar-refractivity contribution in [3.63, 3.8) is 0 Å². The molecule has 21 heavy (non-hydrogen) atoms. The number of carbonyl (C=O) groups excluding carboxylic acids is 1. The predicted molar refractivity (Wildman–Crippen MR) is 80.7 cm³/mol. The van der Waals surface area contributed by atoms with Gasteiger partial charge in [0.25, 0.3) is 0 Å². The zero-order valence-corrected chi connectivity index (χ0v) is 12.4. The van der Waals surface area contributed by atoms with E-state index in [1.54, 1.807) is 31.2 Å². The van der Waals surface area contributed by atoms with Crippen LogP contribution in [0.15, 0.2) is 24.3 Å². The number of carbonyl (C=O) groups is 2. The standard InChI is InChI=1S/C15H22N2O4/c1-3-8-21-13-6-4-12(5-7-13)17-15(20)16-10-11(2)9-14(18)19/h4-7,11H,3,8-10H2,1-2H3,(H,18,19)(H2,16,17,20). The molecular weight excluding hydrogens is 272 g/mol. The van der Waals surface area contributed by atoms with Gasteiger partial charge in [0, 0.05) is 18.7 Å². The summed E-state index contributed by atoms with van der Waals surface area (Å²) in [5.41, 5.74) is 0.655. The Labute approximate surface area is 124 Å². The highest BCUT2D eigenvalue weighted by atomic mass is 16.5. The number of hydrogen-bond acceptors (Lipinski definition) is 3. The van der Waals surface area contributed by atoms with E-state index < -0.39 is 5.97 Å². The maximum Gasteiger partial charge on any atom is 0.319 e. The molecule has 1 unspecified atom stereocenters. The summed E-state index contributed by atoms with van der Waals surface area (Å²) in [7, 11) is 0.